The van der Waals surface area contributed by atoms with Crippen molar-refractivity contribution in [2.75, 3.05) is 10.6 Å². The quantitative estimate of drug-likeness (QED) is 0.403. The first-order valence-corrected chi connectivity index (χ1v) is 10.5. The van der Waals surface area contributed by atoms with Crippen molar-refractivity contribution in [3.8, 4) is 5.82 Å². The van der Waals surface area contributed by atoms with E-state index in [1.165, 1.54) is 5.56 Å². The Hall–Kier alpha value is -4.59. The molecule has 0 radical (unpaired) electrons. The molecule has 3 aromatic heterocycles. The van der Waals surface area contributed by atoms with Gasteiger partial charge in [0.2, 0.25) is 0 Å². The molecule has 2 aromatic carbocycles. The van der Waals surface area contributed by atoms with Crippen LogP contribution in [-0.4, -0.2) is 30.4 Å². The summed E-state index contributed by atoms with van der Waals surface area (Å²) in [5.41, 5.74) is 3.96. The van der Waals surface area contributed by atoms with Gasteiger partial charge in [-0.2, -0.15) is 0 Å². The lowest BCUT2D eigenvalue weighted by Crippen LogP contribution is -2.11. The molecule has 8 heteroatoms. The van der Waals surface area contributed by atoms with E-state index in [-0.39, 0.29) is 11.9 Å². The molecule has 1 atom stereocenters. The van der Waals surface area contributed by atoms with Crippen molar-refractivity contribution in [1.82, 2.24) is 24.5 Å². The van der Waals surface area contributed by atoms with Crippen LogP contribution in [0.2, 0.25) is 0 Å². The average molecular weight is 435 g/mol. The lowest BCUT2D eigenvalue weighted by atomic mass is 10.1. The van der Waals surface area contributed by atoms with Gasteiger partial charge in [-0.3, -0.25) is 19.3 Å². The van der Waals surface area contributed by atoms with Crippen molar-refractivity contribution in [1.29, 1.82) is 0 Å². The number of hydrogen-bond donors (Lipinski definition) is 2. The van der Waals surface area contributed by atoms with Gasteiger partial charge in [-0.1, -0.05) is 30.3 Å². The summed E-state index contributed by atoms with van der Waals surface area (Å²) in [6.45, 7) is 2.08. The van der Waals surface area contributed by atoms with Crippen molar-refractivity contribution in [3.63, 3.8) is 0 Å². The molecule has 0 bridgehead atoms. The number of amides is 1. The SMILES string of the molecule is C[C@H](Nc1cncc(-n2cnc3cc(NC(=O)c4ccncc4)ccc32)n1)c1ccccc1. The fourth-order valence-corrected chi connectivity index (χ4v) is 3.57. The van der Waals surface area contributed by atoms with Crippen LogP contribution < -0.4 is 10.6 Å². The topological polar surface area (TPSA) is 97.6 Å². The van der Waals surface area contributed by atoms with E-state index >= 15 is 0 Å². The van der Waals surface area contributed by atoms with Crippen LogP contribution >= 0.6 is 0 Å². The molecule has 0 saturated carbocycles. The molecule has 0 unspecified atom stereocenters. The molecule has 2 N–H and O–H groups in total. The lowest BCUT2D eigenvalue weighted by Gasteiger charge is -2.15. The second-order valence-electron chi connectivity index (χ2n) is 7.55. The van der Waals surface area contributed by atoms with Crippen molar-refractivity contribution < 1.29 is 4.79 Å². The van der Waals surface area contributed by atoms with Crippen LogP contribution in [0.4, 0.5) is 11.5 Å². The molecule has 33 heavy (non-hydrogen) atoms. The summed E-state index contributed by atoms with van der Waals surface area (Å²) in [7, 11) is 0. The van der Waals surface area contributed by atoms with E-state index in [1.807, 2.05) is 41.0 Å². The van der Waals surface area contributed by atoms with E-state index in [1.54, 1.807) is 43.2 Å². The third-order valence-electron chi connectivity index (χ3n) is 5.28. The van der Waals surface area contributed by atoms with Gasteiger partial charge in [0.25, 0.3) is 5.91 Å². The molecule has 8 nitrogen and oxygen atoms in total. The highest BCUT2D eigenvalue weighted by atomic mass is 16.1. The third-order valence-corrected chi connectivity index (χ3v) is 5.28. The Morgan fingerprint density at radius 1 is 0.970 bits per heavy atom. The molecule has 0 spiro atoms. The van der Waals surface area contributed by atoms with Gasteiger partial charge >= 0.3 is 0 Å². The summed E-state index contributed by atoms with van der Waals surface area (Å²) < 4.78 is 1.87. The van der Waals surface area contributed by atoms with E-state index < -0.39 is 0 Å². The summed E-state index contributed by atoms with van der Waals surface area (Å²) in [4.78, 5) is 29.9. The second kappa shape index (κ2) is 8.88. The molecule has 162 valence electrons. The Morgan fingerprint density at radius 2 is 1.79 bits per heavy atom. The number of fused-ring (bicyclic) bond motifs is 1. The van der Waals surface area contributed by atoms with E-state index in [9.17, 15) is 4.79 Å². The molecule has 3 heterocycles. The zero-order valence-corrected chi connectivity index (χ0v) is 17.9. The fraction of sp³-hybridized carbons (Fsp3) is 0.0800. The van der Waals surface area contributed by atoms with E-state index in [4.69, 9.17) is 4.98 Å². The summed E-state index contributed by atoms with van der Waals surface area (Å²) in [5, 5.41) is 6.29. The summed E-state index contributed by atoms with van der Waals surface area (Å²) in [6.07, 6.45) is 8.27. The highest BCUT2D eigenvalue weighted by Crippen LogP contribution is 2.23. The number of hydrogen-bond acceptors (Lipinski definition) is 6. The molecule has 0 aliphatic rings. The van der Waals surface area contributed by atoms with E-state index in [0.29, 0.717) is 22.9 Å². The highest BCUT2D eigenvalue weighted by molar-refractivity contribution is 6.04. The zero-order chi connectivity index (χ0) is 22.6. The Kier molecular flexibility index (Phi) is 5.47. The van der Waals surface area contributed by atoms with E-state index in [0.717, 1.165) is 11.0 Å². The van der Waals surface area contributed by atoms with Gasteiger partial charge < -0.3 is 10.6 Å². The minimum Gasteiger partial charge on any atom is -0.362 e. The molecule has 0 saturated heterocycles. The van der Waals surface area contributed by atoms with Gasteiger partial charge in [0, 0.05) is 29.7 Å². The maximum absolute atomic E-state index is 12.4. The Morgan fingerprint density at radius 3 is 2.61 bits per heavy atom. The average Bonchev–Trinajstić information content (AvgIpc) is 3.28. The number of benzene rings is 2. The largest absolute Gasteiger partial charge is 0.362 e. The number of nitrogens with zero attached hydrogens (tertiary/aromatic N) is 5. The Bertz CT molecular complexity index is 1400. The predicted molar refractivity (Wildman–Crippen MR) is 127 cm³/mol. The summed E-state index contributed by atoms with van der Waals surface area (Å²) in [5.74, 6) is 1.12. The van der Waals surface area contributed by atoms with Gasteiger partial charge in [-0.15, -0.1) is 0 Å². The number of nitrogens with one attached hydrogen (secondary N) is 2. The third kappa shape index (κ3) is 4.40. The van der Waals surface area contributed by atoms with Crippen LogP contribution in [0.5, 0.6) is 0 Å². The highest BCUT2D eigenvalue weighted by Gasteiger charge is 2.11. The van der Waals surface area contributed by atoms with Gasteiger partial charge in [0.15, 0.2) is 5.82 Å². The fourth-order valence-electron chi connectivity index (χ4n) is 3.57. The van der Waals surface area contributed by atoms with Crippen LogP contribution in [-0.2, 0) is 0 Å². The number of carbonyl (C=O) groups is 1. The monoisotopic (exact) mass is 435 g/mol. The first kappa shape index (κ1) is 20.3. The van der Waals surface area contributed by atoms with Crippen LogP contribution in [0.3, 0.4) is 0 Å². The maximum Gasteiger partial charge on any atom is 0.255 e. The van der Waals surface area contributed by atoms with Crippen molar-refractivity contribution in [3.05, 3.63) is 103 Å². The molecule has 5 rings (SSSR count). The lowest BCUT2D eigenvalue weighted by molar-refractivity contribution is 0.102. The first-order chi connectivity index (χ1) is 16.2. The maximum atomic E-state index is 12.4. The van der Waals surface area contributed by atoms with Crippen molar-refractivity contribution in [2.24, 2.45) is 0 Å². The molecule has 0 aliphatic heterocycles. The van der Waals surface area contributed by atoms with Crippen LogP contribution in [0.1, 0.15) is 28.9 Å². The number of imidazole rings is 1. The van der Waals surface area contributed by atoms with Crippen LogP contribution in [0, 0.1) is 0 Å². The molecular weight excluding hydrogens is 414 g/mol. The molecular formula is C25H21N7O. The minimum atomic E-state index is -0.201. The Labute approximate surface area is 190 Å². The van der Waals surface area contributed by atoms with Crippen LogP contribution in [0.15, 0.2) is 91.8 Å². The summed E-state index contributed by atoms with van der Waals surface area (Å²) in [6, 6.07) is 19.2. The number of pyridine rings is 1. The standard InChI is InChI=1S/C25H21N7O/c1-17(18-5-3-2-4-6-18)29-23-14-27-15-24(31-23)32-16-28-21-13-20(7-8-22(21)32)30-25(33)19-9-11-26-12-10-19/h2-17H,1H3,(H,29,31)(H,30,33)/t17-/m0/s1. The normalized spacial score (nSPS) is 11.8. The van der Waals surface area contributed by atoms with Crippen molar-refractivity contribution >= 4 is 28.4 Å². The second-order valence-corrected chi connectivity index (χ2v) is 7.55. The predicted octanol–water partition coefficient (Wildman–Crippen LogP) is 4.64. The molecule has 1 amide bonds. The van der Waals surface area contributed by atoms with Gasteiger partial charge in [-0.25, -0.2) is 9.97 Å². The van der Waals surface area contributed by atoms with E-state index in [2.05, 4.69) is 44.6 Å². The number of aromatic nitrogens is 5. The smallest absolute Gasteiger partial charge is 0.255 e. The Balaban J connectivity index is 1.37. The minimum absolute atomic E-state index is 0.0850. The molecule has 5 aromatic rings. The zero-order valence-electron chi connectivity index (χ0n) is 17.9. The number of anilines is 2. The van der Waals surface area contributed by atoms with Crippen molar-refractivity contribution in [2.45, 2.75) is 13.0 Å². The van der Waals surface area contributed by atoms with Gasteiger partial charge in [0.05, 0.1) is 23.4 Å². The molecule has 0 aliphatic carbocycles. The van der Waals surface area contributed by atoms with Crippen LogP contribution in [0.25, 0.3) is 16.9 Å². The van der Waals surface area contributed by atoms with Gasteiger partial charge in [-0.05, 0) is 42.8 Å². The van der Waals surface area contributed by atoms with Gasteiger partial charge in [0.1, 0.15) is 12.1 Å². The number of rotatable bonds is 6. The molecule has 0 fully saturated rings. The number of carbonyl (C=O) groups excluding carboxylic acids is 1. The first-order valence-electron chi connectivity index (χ1n) is 10.5. The summed E-state index contributed by atoms with van der Waals surface area (Å²) >= 11 is 0.